The number of rotatable bonds is 10. The summed E-state index contributed by atoms with van der Waals surface area (Å²) in [7, 11) is 0. The molecule has 1 unspecified atom stereocenters. The molecule has 2 heterocycles. The van der Waals surface area contributed by atoms with Crippen LogP contribution in [0.4, 0.5) is 10.6 Å². The van der Waals surface area contributed by atoms with Gasteiger partial charge >= 0.3 is 12.1 Å². The van der Waals surface area contributed by atoms with Gasteiger partial charge in [0, 0.05) is 0 Å². The minimum absolute atomic E-state index is 0.0204. The Hall–Kier alpha value is -3.73. The standard InChI is InChI=1S/C21H26N6O5/c1-14(2)16(26-21(29)32-10-15-6-4-3-5-7-15)20(28)31-9-8-30-13-27-12-25-17-18(22)23-11-24-19(17)27/h3-7,11-12,14,16H,8-10,13H2,1-2H3,(H,26,29)(H2,22,23,24). The van der Waals surface area contributed by atoms with Crippen LogP contribution in [0.3, 0.4) is 0 Å². The minimum Gasteiger partial charge on any atom is -0.462 e. The molecule has 0 aliphatic carbocycles. The lowest BCUT2D eigenvalue weighted by molar-refractivity contribution is -0.149. The molecule has 0 aliphatic rings. The quantitative estimate of drug-likeness (QED) is 0.355. The summed E-state index contributed by atoms with van der Waals surface area (Å²) in [5.74, 6) is -0.457. The average Bonchev–Trinajstić information content (AvgIpc) is 3.20. The Morgan fingerprint density at radius 2 is 1.88 bits per heavy atom. The van der Waals surface area contributed by atoms with Gasteiger partial charge in [-0.05, 0) is 11.5 Å². The largest absolute Gasteiger partial charge is 0.462 e. The molecule has 3 rings (SSSR count). The second-order valence-corrected chi connectivity index (χ2v) is 7.28. The van der Waals surface area contributed by atoms with Gasteiger partial charge in [0.05, 0.1) is 12.9 Å². The highest BCUT2D eigenvalue weighted by Gasteiger charge is 2.26. The highest BCUT2D eigenvalue weighted by molar-refractivity contribution is 5.82. The molecular weight excluding hydrogens is 416 g/mol. The summed E-state index contributed by atoms with van der Waals surface area (Å²) in [4.78, 5) is 36.6. The van der Waals surface area contributed by atoms with E-state index in [9.17, 15) is 9.59 Å². The van der Waals surface area contributed by atoms with Crippen molar-refractivity contribution in [3.63, 3.8) is 0 Å². The molecule has 170 valence electrons. The Labute approximate surface area is 184 Å². The van der Waals surface area contributed by atoms with Crippen LogP contribution in [0.1, 0.15) is 19.4 Å². The molecule has 3 N–H and O–H groups in total. The van der Waals surface area contributed by atoms with E-state index in [1.165, 1.54) is 6.33 Å². The zero-order chi connectivity index (χ0) is 22.9. The SMILES string of the molecule is CC(C)C(NC(=O)OCc1ccccc1)C(=O)OCCOCn1cnc2c(N)ncnc21. The number of fused-ring (bicyclic) bond motifs is 1. The van der Waals surface area contributed by atoms with E-state index in [2.05, 4.69) is 20.3 Å². The zero-order valence-electron chi connectivity index (χ0n) is 17.9. The van der Waals surface area contributed by atoms with Crippen molar-refractivity contribution in [3.8, 4) is 0 Å². The Kier molecular flexibility index (Phi) is 7.92. The number of hydrogen-bond acceptors (Lipinski definition) is 9. The highest BCUT2D eigenvalue weighted by Crippen LogP contribution is 2.14. The van der Waals surface area contributed by atoms with Crippen molar-refractivity contribution in [2.75, 3.05) is 18.9 Å². The fourth-order valence-corrected chi connectivity index (χ4v) is 2.84. The molecule has 0 saturated heterocycles. The van der Waals surface area contributed by atoms with Crippen LogP contribution in [0, 0.1) is 5.92 Å². The van der Waals surface area contributed by atoms with Gasteiger partial charge in [-0.2, -0.15) is 0 Å². The maximum atomic E-state index is 12.4. The van der Waals surface area contributed by atoms with E-state index in [1.807, 2.05) is 30.3 Å². The second kappa shape index (κ2) is 11.0. The predicted molar refractivity (Wildman–Crippen MR) is 115 cm³/mol. The monoisotopic (exact) mass is 442 g/mol. The maximum absolute atomic E-state index is 12.4. The molecule has 2 aromatic heterocycles. The number of nitrogens with one attached hydrogen (secondary N) is 1. The fourth-order valence-electron chi connectivity index (χ4n) is 2.84. The second-order valence-electron chi connectivity index (χ2n) is 7.28. The summed E-state index contributed by atoms with van der Waals surface area (Å²) in [5.41, 5.74) is 7.64. The van der Waals surface area contributed by atoms with Crippen molar-refractivity contribution >= 4 is 29.0 Å². The first-order chi connectivity index (χ1) is 15.5. The Balaban J connectivity index is 1.40. The first-order valence-electron chi connectivity index (χ1n) is 10.1. The molecule has 0 radical (unpaired) electrons. The predicted octanol–water partition coefficient (Wildman–Crippen LogP) is 1.88. The van der Waals surface area contributed by atoms with E-state index in [0.29, 0.717) is 11.2 Å². The van der Waals surface area contributed by atoms with Crippen molar-refractivity contribution in [1.82, 2.24) is 24.8 Å². The van der Waals surface area contributed by atoms with Gasteiger partial charge in [-0.3, -0.25) is 4.57 Å². The minimum atomic E-state index is -0.837. The van der Waals surface area contributed by atoms with E-state index in [-0.39, 0.29) is 38.3 Å². The number of esters is 1. The zero-order valence-corrected chi connectivity index (χ0v) is 17.9. The normalized spacial score (nSPS) is 12.0. The summed E-state index contributed by atoms with van der Waals surface area (Å²) in [5, 5.41) is 2.56. The Morgan fingerprint density at radius 1 is 1.09 bits per heavy atom. The molecule has 1 atom stereocenters. The van der Waals surface area contributed by atoms with Gasteiger partial charge in [0.25, 0.3) is 0 Å². The topological polar surface area (TPSA) is 143 Å². The lowest BCUT2D eigenvalue weighted by Gasteiger charge is -2.20. The molecule has 0 bridgehead atoms. The van der Waals surface area contributed by atoms with E-state index in [0.717, 1.165) is 5.56 Å². The Morgan fingerprint density at radius 3 is 2.62 bits per heavy atom. The molecule has 11 heteroatoms. The van der Waals surface area contributed by atoms with Gasteiger partial charge in [-0.1, -0.05) is 44.2 Å². The third kappa shape index (κ3) is 6.14. The van der Waals surface area contributed by atoms with Crippen LogP contribution >= 0.6 is 0 Å². The summed E-state index contributed by atoms with van der Waals surface area (Å²) in [6.07, 6.45) is 2.21. The lowest BCUT2D eigenvalue weighted by atomic mass is 10.1. The van der Waals surface area contributed by atoms with Crippen LogP contribution in [0.15, 0.2) is 43.0 Å². The number of ether oxygens (including phenoxy) is 3. The van der Waals surface area contributed by atoms with E-state index in [1.54, 1.807) is 24.7 Å². The fraction of sp³-hybridized carbons (Fsp3) is 0.381. The van der Waals surface area contributed by atoms with Crippen molar-refractivity contribution in [2.24, 2.45) is 5.92 Å². The summed E-state index contributed by atoms with van der Waals surface area (Å²) in [6, 6.07) is 8.43. The first kappa shape index (κ1) is 22.9. The molecule has 0 fully saturated rings. The summed E-state index contributed by atoms with van der Waals surface area (Å²) in [6.45, 7) is 4.04. The molecule has 0 aliphatic heterocycles. The van der Waals surface area contributed by atoms with Gasteiger partial charge in [0.2, 0.25) is 0 Å². The van der Waals surface area contributed by atoms with Gasteiger partial charge in [-0.15, -0.1) is 0 Å². The number of imidazole rings is 1. The lowest BCUT2D eigenvalue weighted by Crippen LogP contribution is -2.45. The number of anilines is 1. The maximum Gasteiger partial charge on any atom is 0.408 e. The number of carbonyl (C=O) groups excluding carboxylic acids is 2. The molecule has 32 heavy (non-hydrogen) atoms. The smallest absolute Gasteiger partial charge is 0.408 e. The number of nitrogens with two attached hydrogens (primary N) is 1. The molecule has 1 aromatic carbocycles. The number of aromatic nitrogens is 4. The van der Waals surface area contributed by atoms with Crippen LogP contribution in [0.2, 0.25) is 0 Å². The number of nitrogen functional groups attached to an aromatic ring is 1. The molecule has 1 amide bonds. The summed E-state index contributed by atoms with van der Waals surface area (Å²) < 4.78 is 17.6. The van der Waals surface area contributed by atoms with Crippen molar-refractivity contribution in [2.45, 2.75) is 33.2 Å². The number of hydrogen-bond donors (Lipinski definition) is 2. The van der Waals surface area contributed by atoms with Gasteiger partial charge in [0.15, 0.2) is 11.5 Å². The van der Waals surface area contributed by atoms with Crippen molar-refractivity contribution < 1.29 is 23.8 Å². The molecule has 11 nitrogen and oxygen atoms in total. The Bertz CT molecular complexity index is 1040. The van der Waals surface area contributed by atoms with Crippen LogP contribution in [0.5, 0.6) is 0 Å². The van der Waals surface area contributed by atoms with Crippen LogP contribution in [-0.2, 0) is 32.3 Å². The molecule has 3 aromatic rings. The number of alkyl carbamates (subject to hydrolysis) is 1. The van der Waals surface area contributed by atoms with Gasteiger partial charge in [0.1, 0.15) is 37.8 Å². The summed E-state index contributed by atoms with van der Waals surface area (Å²) >= 11 is 0. The van der Waals surface area contributed by atoms with Crippen LogP contribution < -0.4 is 11.1 Å². The third-order valence-electron chi connectivity index (χ3n) is 4.54. The first-order valence-corrected chi connectivity index (χ1v) is 10.1. The van der Waals surface area contributed by atoms with Crippen molar-refractivity contribution in [1.29, 1.82) is 0 Å². The van der Waals surface area contributed by atoms with Gasteiger partial charge < -0.3 is 25.3 Å². The van der Waals surface area contributed by atoms with E-state index >= 15 is 0 Å². The average molecular weight is 442 g/mol. The number of carbonyl (C=O) groups is 2. The van der Waals surface area contributed by atoms with E-state index in [4.69, 9.17) is 19.9 Å². The third-order valence-corrected chi connectivity index (χ3v) is 4.54. The number of benzene rings is 1. The molecular formula is C21H26N6O5. The molecule has 0 saturated carbocycles. The van der Waals surface area contributed by atoms with Crippen LogP contribution in [-0.4, -0.2) is 50.8 Å². The number of amides is 1. The van der Waals surface area contributed by atoms with Gasteiger partial charge in [-0.25, -0.2) is 24.5 Å². The van der Waals surface area contributed by atoms with Crippen molar-refractivity contribution in [3.05, 3.63) is 48.5 Å². The van der Waals surface area contributed by atoms with E-state index < -0.39 is 18.1 Å². The number of nitrogens with zero attached hydrogens (tertiary/aromatic N) is 4. The molecule has 0 spiro atoms. The van der Waals surface area contributed by atoms with Crippen LogP contribution in [0.25, 0.3) is 11.2 Å². The highest BCUT2D eigenvalue weighted by atomic mass is 16.6.